The van der Waals surface area contributed by atoms with E-state index in [9.17, 15) is 13.2 Å². The number of carbonyl (C=O) groups excluding carboxylic acids is 1. The molecule has 0 bridgehead atoms. The monoisotopic (exact) mass is 268 g/mol. The van der Waals surface area contributed by atoms with Crippen LogP contribution in [0.5, 0.6) is 0 Å². The molecular weight excluding hydrogens is 256 g/mol. The SMILES string of the molecule is C=CCOC(=O)C(=Cc1ccccc1)S(=O)(=O)O. The Kier molecular flexibility index (Phi) is 4.82. The van der Waals surface area contributed by atoms with Crippen LogP contribution in [0.3, 0.4) is 0 Å². The fourth-order valence-electron chi connectivity index (χ4n) is 1.15. The first kappa shape index (κ1) is 14.1. The zero-order chi connectivity index (χ0) is 13.6. The Morgan fingerprint density at radius 3 is 2.44 bits per heavy atom. The standard InChI is InChI=1S/C12H12O5S/c1-2-8-17-12(13)11(18(14,15)16)9-10-6-4-3-5-7-10/h2-7,9H,1,8H2,(H,14,15,16). The van der Waals surface area contributed by atoms with E-state index >= 15 is 0 Å². The minimum Gasteiger partial charge on any atom is -0.457 e. The maximum Gasteiger partial charge on any atom is 0.352 e. The number of hydrogen-bond donors (Lipinski definition) is 1. The van der Waals surface area contributed by atoms with Crippen molar-refractivity contribution in [1.29, 1.82) is 0 Å². The molecule has 0 aliphatic heterocycles. The van der Waals surface area contributed by atoms with Crippen LogP contribution in [0.15, 0.2) is 47.9 Å². The second kappa shape index (κ2) is 6.13. The van der Waals surface area contributed by atoms with Gasteiger partial charge in [0, 0.05) is 0 Å². The minimum absolute atomic E-state index is 0.138. The highest BCUT2D eigenvalue weighted by molar-refractivity contribution is 7.91. The second-order valence-corrected chi connectivity index (χ2v) is 4.67. The summed E-state index contributed by atoms with van der Waals surface area (Å²) in [5.41, 5.74) is 0.459. The normalized spacial score (nSPS) is 11.9. The quantitative estimate of drug-likeness (QED) is 0.380. The fraction of sp³-hybridized carbons (Fsp3) is 0.0833. The predicted molar refractivity (Wildman–Crippen MR) is 67.1 cm³/mol. The van der Waals surface area contributed by atoms with Gasteiger partial charge in [-0.3, -0.25) is 4.55 Å². The molecule has 0 atom stereocenters. The van der Waals surface area contributed by atoms with Gasteiger partial charge in [-0.25, -0.2) is 4.79 Å². The number of esters is 1. The van der Waals surface area contributed by atoms with Gasteiger partial charge >= 0.3 is 16.1 Å². The van der Waals surface area contributed by atoms with Crippen LogP contribution in [-0.4, -0.2) is 25.5 Å². The highest BCUT2D eigenvalue weighted by Gasteiger charge is 2.23. The topological polar surface area (TPSA) is 80.7 Å². The van der Waals surface area contributed by atoms with Crippen molar-refractivity contribution >= 4 is 22.2 Å². The van der Waals surface area contributed by atoms with Gasteiger partial charge in [-0.1, -0.05) is 43.0 Å². The molecule has 0 spiro atoms. The van der Waals surface area contributed by atoms with Gasteiger partial charge in [0.05, 0.1) is 0 Å². The summed E-state index contributed by atoms with van der Waals surface area (Å²) in [6, 6.07) is 8.25. The predicted octanol–water partition coefficient (Wildman–Crippen LogP) is 1.64. The molecule has 0 heterocycles. The molecule has 0 saturated carbocycles. The Morgan fingerprint density at radius 1 is 1.33 bits per heavy atom. The van der Waals surface area contributed by atoms with Crippen molar-refractivity contribution < 1.29 is 22.5 Å². The molecule has 0 radical (unpaired) electrons. The number of benzene rings is 1. The molecule has 1 N–H and O–H groups in total. The van der Waals surface area contributed by atoms with Gasteiger partial charge in [-0.15, -0.1) is 0 Å². The first-order valence-corrected chi connectivity index (χ1v) is 6.41. The van der Waals surface area contributed by atoms with Crippen molar-refractivity contribution in [2.24, 2.45) is 0 Å². The number of hydrogen-bond acceptors (Lipinski definition) is 4. The van der Waals surface area contributed by atoms with E-state index in [-0.39, 0.29) is 6.61 Å². The lowest BCUT2D eigenvalue weighted by atomic mass is 10.2. The van der Waals surface area contributed by atoms with E-state index in [1.54, 1.807) is 30.3 Å². The first-order valence-electron chi connectivity index (χ1n) is 4.97. The van der Waals surface area contributed by atoms with E-state index in [0.717, 1.165) is 6.08 Å². The summed E-state index contributed by atoms with van der Waals surface area (Å²) in [5, 5.41) is 0. The zero-order valence-electron chi connectivity index (χ0n) is 9.44. The van der Waals surface area contributed by atoms with Crippen LogP contribution < -0.4 is 0 Å². The molecule has 1 rings (SSSR count). The summed E-state index contributed by atoms with van der Waals surface area (Å²) in [4.78, 5) is 10.7. The average Bonchev–Trinajstić information content (AvgIpc) is 2.33. The Labute approximate surface area is 105 Å². The maximum absolute atomic E-state index is 11.5. The lowest BCUT2D eigenvalue weighted by Crippen LogP contribution is -2.15. The van der Waals surface area contributed by atoms with Gasteiger partial charge in [-0.2, -0.15) is 8.42 Å². The van der Waals surface area contributed by atoms with Gasteiger partial charge in [0.2, 0.25) is 0 Å². The Balaban J connectivity index is 3.11. The van der Waals surface area contributed by atoms with Crippen molar-refractivity contribution in [3.8, 4) is 0 Å². The van der Waals surface area contributed by atoms with E-state index < -0.39 is 21.0 Å². The van der Waals surface area contributed by atoms with E-state index in [4.69, 9.17) is 4.55 Å². The Morgan fingerprint density at radius 2 is 1.94 bits per heavy atom. The van der Waals surface area contributed by atoms with E-state index in [2.05, 4.69) is 11.3 Å². The van der Waals surface area contributed by atoms with Crippen LogP contribution >= 0.6 is 0 Å². The zero-order valence-corrected chi connectivity index (χ0v) is 10.3. The maximum atomic E-state index is 11.5. The van der Waals surface area contributed by atoms with E-state index in [1.807, 2.05) is 0 Å². The van der Waals surface area contributed by atoms with E-state index in [0.29, 0.717) is 5.56 Å². The van der Waals surface area contributed by atoms with Crippen LogP contribution in [0, 0.1) is 0 Å². The van der Waals surface area contributed by atoms with Gasteiger partial charge in [0.15, 0.2) is 4.91 Å². The first-order chi connectivity index (χ1) is 8.45. The Hall–Kier alpha value is -1.92. The van der Waals surface area contributed by atoms with Gasteiger partial charge in [0.25, 0.3) is 0 Å². The average molecular weight is 268 g/mol. The third-order valence-electron chi connectivity index (χ3n) is 1.91. The van der Waals surface area contributed by atoms with Crippen molar-refractivity contribution in [1.82, 2.24) is 0 Å². The summed E-state index contributed by atoms with van der Waals surface area (Å²) in [5.74, 6) is -1.12. The Bertz CT molecular complexity index is 557. The lowest BCUT2D eigenvalue weighted by Gasteiger charge is -2.04. The molecule has 96 valence electrons. The summed E-state index contributed by atoms with van der Waals surface area (Å²) in [7, 11) is -4.64. The van der Waals surface area contributed by atoms with Crippen LogP contribution in [0.4, 0.5) is 0 Å². The molecule has 0 unspecified atom stereocenters. The summed E-state index contributed by atoms with van der Waals surface area (Å²) in [6.07, 6.45) is 2.34. The number of carbonyl (C=O) groups is 1. The molecule has 5 nitrogen and oxygen atoms in total. The third kappa shape index (κ3) is 4.15. The number of rotatable bonds is 5. The number of ether oxygens (including phenoxy) is 1. The third-order valence-corrected chi connectivity index (χ3v) is 2.75. The van der Waals surface area contributed by atoms with Crippen molar-refractivity contribution in [2.45, 2.75) is 0 Å². The molecule has 0 amide bonds. The largest absolute Gasteiger partial charge is 0.457 e. The molecule has 18 heavy (non-hydrogen) atoms. The van der Waals surface area contributed by atoms with E-state index in [1.165, 1.54) is 6.08 Å². The van der Waals surface area contributed by atoms with Crippen LogP contribution in [0.1, 0.15) is 5.56 Å². The summed E-state index contributed by atoms with van der Waals surface area (Å²) in [6.45, 7) is 3.19. The molecule has 0 fully saturated rings. The van der Waals surface area contributed by atoms with Crippen LogP contribution in [0.25, 0.3) is 6.08 Å². The van der Waals surface area contributed by atoms with Crippen molar-refractivity contribution in [2.75, 3.05) is 6.61 Å². The molecule has 0 saturated heterocycles. The lowest BCUT2D eigenvalue weighted by molar-refractivity contribution is -0.136. The highest BCUT2D eigenvalue weighted by Crippen LogP contribution is 2.13. The van der Waals surface area contributed by atoms with Crippen molar-refractivity contribution in [3.63, 3.8) is 0 Å². The highest BCUT2D eigenvalue weighted by atomic mass is 32.2. The molecular formula is C12H12O5S. The molecule has 6 heteroatoms. The van der Waals surface area contributed by atoms with Crippen LogP contribution in [0.2, 0.25) is 0 Å². The minimum atomic E-state index is -4.64. The molecule has 1 aromatic rings. The molecule has 1 aromatic carbocycles. The second-order valence-electron chi connectivity index (χ2n) is 3.28. The fourth-order valence-corrected chi connectivity index (χ4v) is 1.70. The van der Waals surface area contributed by atoms with Crippen molar-refractivity contribution in [3.05, 3.63) is 53.5 Å². The molecule has 0 aliphatic rings. The van der Waals surface area contributed by atoms with Gasteiger partial charge in [-0.05, 0) is 11.6 Å². The molecule has 0 aromatic heterocycles. The summed E-state index contributed by atoms with van der Waals surface area (Å²) >= 11 is 0. The summed E-state index contributed by atoms with van der Waals surface area (Å²) < 4.78 is 35.8. The smallest absolute Gasteiger partial charge is 0.352 e. The van der Waals surface area contributed by atoms with Crippen LogP contribution in [-0.2, 0) is 19.6 Å². The molecule has 0 aliphatic carbocycles. The van der Waals surface area contributed by atoms with Gasteiger partial charge < -0.3 is 4.74 Å². The van der Waals surface area contributed by atoms with Gasteiger partial charge in [0.1, 0.15) is 6.61 Å².